The van der Waals surface area contributed by atoms with Crippen LogP contribution in [-0.2, 0) is 29.5 Å². The second kappa shape index (κ2) is 4.57. The van der Waals surface area contributed by atoms with E-state index in [9.17, 15) is 25.3 Å². The number of sulfone groups is 3. The SMILES string of the molecule is Cc1cc(S(C)(=O)=O)c(S(C)(=O)=O)c(S(C)(=O)=O)c1. The number of aryl methyl sites for hydroxylation is 1. The fraction of sp³-hybridized carbons (Fsp3) is 0.400. The molecule has 0 amide bonds. The Balaban J connectivity index is 4.15. The van der Waals surface area contributed by atoms with Gasteiger partial charge in [-0.2, -0.15) is 0 Å². The van der Waals surface area contributed by atoms with Gasteiger partial charge in [-0.15, -0.1) is 0 Å². The lowest BCUT2D eigenvalue weighted by atomic mass is 10.2. The highest BCUT2D eigenvalue weighted by Gasteiger charge is 2.29. The fourth-order valence-corrected chi connectivity index (χ4v) is 6.05. The van der Waals surface area contributed by atoms with Crippen molar-refractivity contribution in [1.82, 2.24) is 0 Å². The smallest absolute Gasteiger partial charge is 0.178 e. The van der Waals surface area contributed by atoms with Crippen LogP contribution >= 0.6 is 0 Å². The van der Waals surface area contributed by atoms with E-state index in [0.717, 1.165) is 30.9 Å². The van der Waals surface area contributed by atoms with Gasteiger partial charge in [0.15, 0.2) is 29.5 Å². The fourth-order valence-electron chi connectivity index (χ4n) is 1.62. The summed E-state index contributed by atoms with van der Waals surface area (Å²) in [6, 6.07) is 2.31. The molecule has 1 aromatic carbocycles. The number of rotatable bonds is 3. The maximum atomic E-state index is 11.8. The largest absolute Gasteiger partial charge is 0.224 e. The van der Waals surface area contributed by atoms with E-state index in [4.69, 9.17) is 0 Å². The first kappa shape index (κ1) is 16.1. The molecule has 0 aliphatic rings. The van der Waals surface area contributed by atoms with E-state index in [-0.39, 0.29) is 0 Å². The Bertz CT molecular complexity index is 776. The van der Waals surface area contributed by atoms with Crippen LogP contribution in [0.2, 0.25) is 0 Å². The summed E-state index contributed by atoms with van der Waals surface area (Å²) in [7, 11) is -11.7. The monoisotopic (exact) mass is 326 g/mol. The van der Waals surface area contributed by atoms with E-state index >= 15 is 0 Å². The zero-order valence-electron chi connectivity index (χ0n) is 10.8. The van der Waals surface area contributed by atoms with Gasteiger partial charge in [0.05, 0.1) is 9.79 Å². The van der Waals surface area contributed by atoms with Crippen LogP contribution in [0.5, 0.6) is 0 Å². The van der Waals surface area contributed by atoms with Crippen molar-refractivity contribution in [3.05, 3.63) is 17.7 Å². The summed E-state index contributed by atoms with van der Waals surface area (Å²) >= 11 is 0. The highest BCUT2D eigenvalue weighted by Crippen LogP contribution is 2.29. The summed E-state index contributed by atoms with van der Waals surface area (Å²) in [6.07, 6.45) is 2.45. The first-order valence-corrected chi connectivity index (χ1v) is 10.7. The summed E-state index contributed by atoms with van der Waals surface area (Å²) in [6.45, 7) is 1.50. The summed E-state index contributed by atoms with van der Waals surface area (Å²) in [5.74, 6) is 0. The standard InChI is InChI=1S/C10H14O6S3/c1-7-5-8(17(2,11)12)10(19(4,15)16)9(6-7)18(3,13)14/h5-6H,1-4H3. The minimum absolute atomic E-state index is 0.355. The van der Waals surface area contributed by atoms with Crippen LogP contribution in [0.3, 0.4) is 0 Å². The Morgan fingerprint density at radius 1 is 0.684 bits per heavy atom. The number of hydrogen-bond acceptors (Lipinski definition) is 6. The van der Waals surface area contributed by atoms with Gasteiger partial charge >= 0.3 is 0 Å². The van der Waals surface area contributed by atoms with E-state index in [1.54, 1.807) is 0 Å². The Morgan fingerprint density at radius 3 is 1.21 bits per heavy atom. The Kier molecular flexibility index (Phi) is 3.88. The van der Waals surface area contributed by atoms with E-state index < -0.39 is 44.2 Å². The molecular weight excluding hydrogens is 312 g/mol. The molecule has 0 unspecified atom stereocenters. The Labute approximate surface area is 113 Å². The Hall–Kier alpha value is -0.930. The summed E-state index contributed by atoms with van der Waals surface area (Å²) in [4.78, 5) is -1.64. The van der Waals surface area contributed by atoms with Crippen LogP contribution in [0, 0.1) is 6.92 Å². The maximum absolute atomic E-state index is 11.8. The average Bonchev–Trinajstić information content (AvgIpc) is 2.11. The van der Waals surface area contributed by atoms with Crippen LogP contribution in [-0.4, -0.2) is 44.0 Å². The van der Waals surface area contributed by atoms with E-state index in [0.29, 0.717) is 5.56 Å². The van der Waals surface area contributed by atoms with Crippen molar-refractivity contribution < 1.29 is 25.3 Å². The van der Waals surface area contributed by atoms with Crippen molar-refractivity contribution in [1.29, 1.82) is 0 Å². The molecule has 0 fully saturated rings. The van der Waals surface area contributed by atoms with Gasteiger partial charge in [-0.05, 0) is 24.6 Å². The molecule has 0 saturated heterocycles. The van der Waals surface area contributed by atoms with Gasteiger partial charge in [-0.1, -0.05) is 0 Å². The molecule has 0 bridgehead atoms. The van der Waals surface area contributed by atoms with Gasteiger partial charge in [0.1, 0.15) is 4.90 Å². The molecular formula is C10H14O6S3. The topological polar surface area (TPSA) is 102 Å². The van der Waals surface area contributed by atoms with Gasteiger partial charge in [-0.25, -0.2) is 25.3 Å². The van der Waals surface area contributed by atoms with Crippen molar-refractivity contribution in [2.24, 2.45) is 0 Å². The second-order valence-corrected chi connectivity index (χ2v) is 10.3. The van der Waals surface area contributed by atoms with E-state index in [1.165, 1.54) is 6.92 Å². The quantitative estimate of drug-likeness (QED) is 0.786. The van der Waals surface area contributed by atoms with Crippen LogP contribution in [0.15, 0.2) is 26.8 Å². The predicted molar refractivity (Wildman–Crippen MR) is 70.5 cm³/mol. The third-order valence-corrected chi connectivity index (χ3v) is 6.02. The number of hydrogen-bond donors (Lipinski definition) is 0. The van der Waals surface area contributed by atoms with Crippen molar-refractivity contribution in [3.8, 4) is 0 Å². The van der Waals surface area contributed by atoms with Gasteiger partial charge in [0.25, 0.3) is 0 Å². The number of benzene rings is 1. The van der Waals surface area contributed by atoms with Crippen molar-refractivity contribution in [3.63, 3.8) is 0 Å². The minimum Gasteiger partial charge on any atom is -0.224 e. The molecule has 0 saturated carbocycles. The molecule has 108 valence electrons. The van der Waals surface area contributed by atoms with Gasteiger partial charge < -0.3 is 0 Å². The van der Waals surface area contributed by atoms with Gasteiger partial charge in [-0.3, -0.25) is 0 Å². The second-order valence-electron chi connectivity index (χ2n) is 4.41. The molecule has 6 nitrogen and oxygen atoms in total. The third kappa shape index (κ3) is 3.54. The average molecular weight is 326 g/mol. The summed E-state index contributed by atoms with van der Waals surface area (Å²) in [5.41, 5.74) is 0.355. The van der Waals surface area contributed by atoms with Gasteiger partial charge in [0.2, 0.25) is 0 Å². The summed E-state index contributed by atoms with van der Waals surface area (Å²) in [5, 5.41) is 0. The molecule has 19 heavy (non-hydrogen) atoms. The van der Waals surface area contributed by atoms with Crippen LogP contribution < -0.4 is 0 Å². The van der Waals surface area contributed by atoms with E-state index in [2.05, 4.69) is 0 Å². The van der Waals surface area contributed by atoms with Gasteiger partial charge in [0, 0.05) is 18.8 Å². The van der Waals surface area contributed by atoms with Crippen molar-refractivity contribution >= 4 is 29.5 Å². The molecule has 0 aliphatic carbocycles. The molecule has 0 N–H and O–H groups in total. The molecule has 1 rings (SSSR count). The predicted octanol–water partition coefficient (Wildman–Crippen LogP) is 0.206. The van der Waals surface area contributed by atoms with Crippen molar-refractivity contribution in [2.75, 3.05) is 18.8 Å². The normalized spacial score (nSPS) is 13.5. The molecule has 9 heteroatoms. The highest BCUT2D eigenvalue weighted by atomic mass is 32.2. The highest BCUT2D eigenvalue weighted by molar-refractivity contribution is 7.95. The third-order valence-electron chi connectivity index (χ3n) is 2.33. The van der Waals surface area contributed by atoms with Crippen LogP contribution in [0.1, 0.15) is 5.56 Å². The van der Waals surface area contributed by atoms with Crippen molar-refractivity contribution in [2.45, 2.75) is 21.6 Å². The van der Waals surface area contributed by atoms with Crippen LogP contribution in [0.25, 0.3) is 0 Å². The van der Waals surface area contributed by atoms with E-state index in [1.807, 2.05) is 0 Å². The minimum atomic E-state index is -4.01. The van der Waals surface area contributed by atoms with Crippen LogP contribution in [0.4, 0.5) is 0 Å². The Morgan fingerprint density at radius 2 is 1.00 bits per heavy atom. The molecule has 0 atom stereocenters. The molecule has 0 aromatic heterocycles. The zero-order chi connectivity index (χ0) is 15.2. The molecule has 0 aliphatic heterocycles. The molecule has 0 spiro atoms. The zero-order valence-corrected chi connectivity index (χ0v) is 13.3. The first-order chi connectivity index (χ1) is 8.24. The molecule has 1 aromatic rings. The molecule has 0 heterocycles. The lowest BCUT2D eigenvalue weighted by molar-refractivity contribution is 0.579. The lowest BCUT2D eigenvalue weighted by Gasteiger charge is -2.12. The first-order valence-electron chi connectivity index (χ1n) is 4.99. The lowest BCUT2D eigenvalue weighted by Crippen LogP contribution is -2.14. The summed E-state index contributed by atoms with van der Waals surface area (Å²) < 4.78 is 70.2. The maximum Gasteiger partial charge on any atom is 0.178 e. The molecule has 0 radical (unpaired) electrons.